The van der Waals surface area contributed by atoms with E-state index in [0.717, 1.165) is 4.90 Å². The molecule has 0 spiro atoms. The molecule has 6 nitrogen and oxygen atoms in total. The number of carbonyl (C=O) groups is 2. The number of amides is 2. The number of nitrogens with one attached hydrogen (secondary N) is 2. The van der Waals surface area contributed by atoms with Crippen molar-refractivity contribution >= 4 is 58.2 Å². The van der Waals surface area contributed by atoms with E-state index in [1.54, 1.807) is 56.7 Å². The second kappa shape index (κ2) is 11.1. The van der Waals surface area contributed by atoms with Gasteiger partial charge in [-0.15, -0.1) is 11.8 Å². The van der Waals surface area contributed by atoms with E-state index in [1.807, 2.05) is 12.1 Å². The first-order valence-electron chi connectivity index (χ1n) is 9.40. The van der Waals surface area contributed by atoms with Gasteiger partial charge in [0.2, 0.25) is 5.91 Å². The highest BCUT2D eigenvalue weighted by Gasteiger charge is 2.11. The highest BCUT2D eigenvalue weighted by atomic mass is 35.5. The Labute approximate surface area is 200 Å². The van der Waals surface area contributed by atoms with E-state index in [0.29, 0.717) is 33.5 Å². The van der Waals surface area contributed by atoms with Crippen molar-refractivity contribution in [2.24, 2.45) is 0 Å². The Bertz CT molecular complexity index is 1100. The maximum absolute atomic E-state index is 12.4. The van der Waals surface area contributed by atoms with Gasteiger partial charge in [-0.1, -0.05) is 23.2 Å². The summed E-state index contributed by atoms with van der Waals surface area (Å²) in [5.41, 5.74) is 1.53. The number of hydrogen-bond donors (Lipinski definition) is 2. The van der Waals surface area contributed by atoms with Gasteiger partial charge in [0.25, 0.3) is 5.91 Å². The molecule has 0 aliphatic carbocycles. The normalized spacial score (nSPS) is 10.4. The van der Waals surface area contributed by atoms with E-state index >= 15 is 0 Å². The number of thioether (sulfide) groups is 1. The van der Waals surface area contributed by atoms with Crippen LogP contribution in [0.25, 0.3) is 0 Å². The second-order valence-corrected chi connectivity index (χ2v) is 8.43. The van der Waals surface area contributed by atoms with E-state index < -0.39 is 0 Å². The molecule has 9 heteroatoms. The van der Waals surface area contributed by atoms with Gasteiger partial charge in [-0.3, -0.25) is 9.59 Å². The van der Waals surface area contributed by atoms with Crippen molar-refractivity contribution in [1.29, 1.82) is 0 Å². The first kappa shape index (κ1) is 23.8. The van der Waals surface area contributed by atoms with Crippen molar-refractivity contribution in [3.8, 4) is 11.5 Å². The first-order chi connectivity index (χ1) is 15.4. The van der Waals surface area contributed by atoms with E-state index in [-0.39, 0.29) is 22.6 Å². The number of benzene rings is 3. The Balaban J connectivity index is 1.54. The highest BCUT2D eigenvalue weighted by molar-refractivity contribution is 8.00. The van der Waals surface area contributed by atoms with Crippen LogP contribution in [-0.2, 0) is 4.79 Å². The van der Waals surface area contributed by atoms with Crippen LogP contribution < -0.4 is 20.1 Å². The monoisotopic (exact) mass is 490 g/mol. The number of carbonyl (C=O) groups excluding carboxylic acids is 2. The van der Waals surface area contributed by atoms with Gasteiger partial charge >= 0.3 is 0 Å². The molecule has 3 rings (SSSR count). The molecule has 0 fully saturated rings. The third-order valence-electron chi connectivity index (χ3n) is 4.29. The molecule has 32 heavy (non-hydrogen) atoms. The number of hydrogen-bond acceptors (Lipinski definition) is 5. The molecule has 0 unspecified atom stereocenters. The van der Waals surface area contributed by atoms with Gasteiger partial charge in [0.05, 0.1) is 30.6 Å². The number of halogens is 2. The second-order valence-electron chi connectivity index (χ2n) is 6.54. The molecular formula is C23H20Cl2N2O4S. The van der Waals surface area contributed by atoms with Crippen LogP contribution >= 0.6 is 35.0 Å². The Kier molecular flexibility index (Phi) is 8.27. The zero-order valence-electron chi connectivity index (χ0n) is 17.3. The lowest BCUT2D eigenvalue weighted by Gasteiger charge is -2.10. The summed E-state index contributed by atoms with van der Waals surface area (Å²) in [6, 6.07) is 17.0. The molecule has 3 aromatic carbocycles. The molecular weight excluding hydrogens is 471 g/mol. The van der Waals surface area contributed by atoms with Crippen LogP contribution in [0, 0.1) is 0 Å². The topological polar surface area (TPSA) is 76.7 Å². The summed E-state index contributed by atoms with van der Waals surface area (Å²) < 4.78 is 10.4. The quantitative estimate of drug-likeness (QED) is 0.379. The number of anilines is 2. The lowest BCUT2D eigenvalue weighted by molar-refractivity contribution is -0.113. The van der Waals surface area contributed by atoms with Gasteiger partial charge < -0.3 is 20.1 Å². The van der Waals surface area contributed by atoms with Crippen LogP contribution in [0.1, 0.15) is 10.4 Å². The summed E-state index contributed by atoms with van der Waals surface area (Å²) in [5.74, 6) is 0.890. The largest absolute Gasteiger partial charge is 0.497 e. The van der Waals surface area contributed by atoms with Gasteiger partial charge in [0.1, 0.15) is 11.5 Å². The minimum atomic E-state index is -0.333. The highest BCUT2D eigenvalue weighted by Crippen LogP contribution is 2.27. The van der Waals surface area contributed by atoms with Crippen molar-refractivity contribution < 1.29 is 19.1 Å². The smallest absolute Gasteiger partial charge is 0.257 e. The van der Waals surface area contributed by atoms with Crippen LogP contribution in [0.5, 0.6) is 11.5 Å². The third-order valence-corrected chi connectivity index (χ3v) is 5.85. The summed E-state index contributed by atoms with van der Waals surface area (Å²) >= 11 is 13.3. The Morgan fingerprint density at radius 3 is 2.09 bits per heavy atom. The van der Waals surface area contributed by atoms with Crippen molar-refractivity contribution in [1.82, 2.24) is 0 Å². The summed E-state index contributed by atoms with van der Waals surface area (Å²) in [6.07, 6.45) is 0. The fraction of sp³-hybridized carbons (Fsp3) is 0.130. The van der Waals surface area contributed by atoms with E-state index in [1.165, 1.54) is 17.8 Å². The minimum Gasteiger partial charge on any atom is -0.497 e. The summed E-state index contributed by atoms with van der Waals surface area (Å²) in [5, 5.41) is 6.35. The van der Waals surface area contributed by atoms with E-state index in [9.17, 15) is 9.59 Å². The average molecular weight is 491 g/mol. The van der Waals surface area contributed by atoms with Gasteiger partial charge in [0.15, 0.2) is 0 Å². The first-order valence-corrected chi connectivity index (χ1v) is 11.1. The predicted octanol–water partition coefficient (Wildman–Crippen LogP) is 5.99. The van der Waals surface area contributed by atoms with Crippen LogP contribution in [0.4, 0.5) is 11.4 Å². The lowest BCUT2D eigenvalue weighted by Crippen LogP contribution is -2.14. The molecule has 0 aromatic heterocycles. The molecule has 0 heterocycles. The standard InChI is InChI=1S/C23H20Cl2N2O4S/c1-30-17-10-16(11-18(12-17)31-2)26-22(28)13-32-19-6-4-15(5-7-19)27-23(29)20-8-3-14(24)9-21(20)25/h3-12H,13H2,1-2H3,(H,26,28)(H,27,29). The maximum Gasteiger partial charge on any atom is 0.257 e. The van der Waals surface area contributed by atoms with Crippen molar-refractivity contribution in [2.75, 3.05) is 30.6 Å². The van der Waals surface area contributed by atoms with Crippen LogP contribution in [0.2, 0.25) is 10.0 Å². The summed E-state index contributed by atoms with van der Waals surface area (Å²) in [4.78, 5) is 25.6. The summed E-state index contributed by atoms with van der Waals surface area (Å²) in [7, 11) is 3.10. The molecule has 0 atom stereocenters. The molecule has 2 N–H and O–H groups in total. The summed E-state index contributed by atoms with van der Waals surface area (Å²) in [6.45, 7) is 0. The fourth-order valence-electron chi connectivity index (χ4n) is 2.73. The van der Waals surface area contributed by atoms with E-state index in [2.05, 4.69) is 10.6 Å². The third kappa shape index (κ3) is 6.56. The lowest BCUT2D eigenvalue weighted by atomic mass is 10.2. The zero-order chi connectivity index (χ0) is 23.1. The SMILES string of the molecule is COc1cc(NC(=O)CSc2ccc(NC(=O)c3ccc(Cl)cc3Cl)cc2)cc(OC)c1. The predicted molar refractivity (Wildman–Crippen MR) is 130 cm³/mol. The van der Waals surface area contributed by atoms with Gasteiger partial charge in [-0.25, -0.2) is 0 Å². The van der Waals surface area contributed by atoms with Crippen LogP contribution in [0.15, 0.2) is 65.6 Å². The molecule has 0 aliphatic rings. The van der Waals surface area contributed by atoms with E-state index in [4.69, 9.17) is 32.7 Å². The molecule has 0 aliphatic heterocycles. The molecule has 166 valence electrons. The molecule has 0 bridgehead atoms. The van der Waals surface area contributed by atoms with Crippen LogP contribution in [-0.4, -0.2) is 31.8 Å². The number of rotatable bonds is 8. The van der Waals surface area contributed by atoms with Crippen LogP contribution in [0.3, 0.4) is 0 Å². The molecule has 0 radical (unpaired) electrons. The van der Waals surface area contributed by atoms with Gasteiger partial charge in [-0.05, 0) is 42.5 Å². The Morgan fingerprint density at radius 2 is 1.50 bits per heavy atom. The van der Waals surface area contributed by atoms with Crippen molar-refractivity contribution in [2.45, 2.75) is 4.90 Å². The molecule has 3 aromatic rings. The van der Waals surface area contributed by atoms with Gasteiger partial charge in [-0.2, -0.15) is 0 Å². The molecule has 0 saturated carbocycles. The Morgan fingerprint density at radius 1 is 0.844 bits per heavy atom. The Hall–Kier alpha value is -2.87. The zero-order valence-corrected chi connectivity index (χ0v) is 19.6. The fourth-order valence-corrected chi connectivity index (χ4v) is 3.92. The average Bonchev–Trinajstić information content (AvgIpc) is 2.78. The van der Waals surface area contributed by atoms with Crippen molar-refractivity contribution in [3.05, 3.63) is 76.3 Å². The minimum absolute atomic E-state index is 0.167. The number of ether oxygens (including phenoxy) is 2. The number of methoxy groups -OCH3 is 2. The van der Waals surface area contributed by atoms with Crippen molar-refractivity contribution in [3.63, 3.8) is 0 Å². The molecule has 0 saturated heterocycles. The maximum atomic E-state index is 12.4. The van der Waals surface area contributed by atoms with Gasteiger partial charge in [0, 0.05) is 39.5 Å². The molecule has 2 amide bonds.